The third-order valence-electron chi connectivity index (χ3n) is 5.13. The number of rotatable bonds is 8. The molecule has 0 spiro atoms. The van der Waals surface area contributed by atoms with Gasteiger partial charge in [0, 0.05) is 6.54 Å². The number of hydrogen-bond acceptors (Lipinski definition) is 5. The van der Waals surface area contributed by atoms with Crippen LogP contribution < -0.4 is 9.47 Å². The van der Waals surface area contributed by atoms with Crippen molar-refractivity contribution in [3.63, 3.8) is 0 Å². The van der Waals surface area contributed by atoms with E-state index in [0.717, 1.165) is 23.1 Å². The summed E-state index contributed by atoms with van der Waals surface area (Å²) in [5.74, 6) is 0.738. The number of ether oxygens (including phenoxy) is 2. The molecule has 4 rings (SSSR count). The molecular formula is C26H22FNO3S2. The molecule has 0 N–H and O–H groups in total. The number of carbonyl (C=O) groups excluding carboxylic acids is 1. The number of hydrogen-bond donors (Lipinski definition) is 0. The van der Waals surface area contributed by atoms with Crippen molar-refractivity contribution in [2.24, 2.45) is 0 Å². The third kappa shape index (κ3) is 5.80. The van der Waals surface area contributed by atoms with Crippen molar-refractivity contribution in [3.05, 3.63) is 100 Å². The van der Waals surface area contributed by atoms with Crippen molar-refractivity contribution >= 4 is 40.3 Å². The van der Waals surface area contributed by atoms with Crippen LogP contribution in [0.5, 0.6) is 11.5 Å². The van der Waals surface area contributed by atoms with Crippen molar-refractivity contribution in [1.29, 1.82) is 0 Å². The summed E-state index contributed by atoms with van der Waals surface area (Å²) in [6.45, 7) is 0.835. The summed E-state index contributed by atoms with van der Waals surface area (Å²) in [6, 6.07) is 21.6. The normalized spacial score (nSPS) is 14.7. The molecule has 0 atom stereocenters. The minimum absolute atomic E-state index is 0.0865. The van der Waals surface area contributed by atoms with Crippen LogP contribution in [-0.2, 0) is 17.8 Å². The molecule has 4 nitrogen and oxygen atoms in total. The van der Waals surface area contributed by atoms with E-state index in [-0.39, 0.29) is 18.3 Å². The number of thioether (sulfide) groups is 1. The Labute approximate surface area is 202 Å². The maximum atomic E-state index is 13.1. The van der Waals surface area contributed by atoms with Crippen LogP contribution in [0.2, 0.25) is 0 Å². The highest BCUT2D eigenvalue weighted by Gasteiger charge is 2.31. The van der Waals surface area contributed by atoms with Crippen LogP contribution in [0.15, 0.2) is 77.7 Å². The van der Waals surface area contributed by atoms with Crippen LogP contribution in [0.1, 0.15) is 16.7 Å². The number of halogens is 1. The second-order valence-corrected chi connectivity index (χ2v) is 9.07. The Balaban J connectivity index is 1.43. The first kappa shape index (κ1) is 23.0. The largest absolute Gasteiger partial charge is 0.493 e. The summed E-state index contributed by atoms with van der Waals surface area (Å²) in [7, 11) is 1.56. The molecule has 1 aliphatic rings. The van der Waals surface area contributed by atoms with Gasteiger partial charge in [-0.05, 0) is 53.5 Å². The van der Waals surface area contributed by atoms with Gasteiger partial charge in [-0.2, -0.15) is 0 Å². The van der Waals surface area contributed by atoms with Gasteiger partial charge in [0.1, 0.15) is 16.7 Å². The molecule has 0 saturated carbocycles. The predicted octanol–water partition coefficient (Wildman–Crippen LogP) is 5.86. The zero-order chi connectivity index (χ0) is 23.2. The number of nitrogens with zero attached hydrogens (tertiary/aromatic N) is 1. The standard InChI is InChI=1S/C26H22FNO3S2/c1-30-23-15-20(9-12-22(23)31-17-19-7-10-21(27)11-8-19)16-24-25(29)28(26(32)33-24)14-13-18-5-3-2-4-6-18/h2-12,15-16H,13-14,17H2,1H3/b24-16-. The van der Waals surface area contributed by atoms with Crippen LogP contribution in [-0.4, -0.2) is 28.8 Å². The Kier molecular flexibility index (Phi) is 7.42. The van der Waals surface area contributed by atoms with Crippen LogP contribution in [0.25, 0.3) is 6.08 Å². The lowest BCUT2D eigenvalue weighted by molar-refractivity contribution is -0.122. The summed E-state index contributed by atoms with van der Waals surface area (Å²) in [4.78, 5) is 15.1. The summed E-state index contributed by atoms with van der Waals surface area (Å²) in [5.41, 5.74) is 2.82. The monoisotopic (exact) mass is 479 g/mol. The molecule has 1 heterocycles. The van der Waals surface area contributed by atoms with Crippen LogP contribution in [0.4, 0.5) is 4.39 Å². The van der Waals surface area contributed by atoms with Crippen molar-refractivity contribution in [2.45, 2.75) is 13.0 Å². The molecule has 3 aromatic carbocycles. The summed E-state index contributed by atoms with van der Waals surface area (Å²) in [5, 5.41) is 0. The predicted molar refractivity (Wildman–Crippen MR) is 134 cm³/mol. The lowest BCUT2D eigenvalue weighted by atomic mass is 10.1. The molecule has 1 fully saturated rings. The number of thiocarbonyl (C=S) groups is 1. The van der Waals surface area contributed by atoms with E-state index in [2.05, 4.69) is 0 Å². The van der Waals surface area contributed by atoms with Gasteiger partial charge >= 0.3 is 0 Å². The number of benzene rings is 3. The lowest BCUT2D eigenvalue weighted by Gasteiger charge is -2.14. The minimum atomic E-state index is -0.286. The van der Waals surface area contributed by atoms with E-state index in [1.165, 1.54) is 23.9 Å². The third-order valence-corrected chi connectivity index (χ3v) is 6.51. The van der Waals surface area contributed by atoms with E-state index in [9.17, 15) is 9.18 Å². The first-order chi connectivity index (χ1) is 16.0. The van der Waals surface area contributed by atoms with Gasteiger partial charge in [0.2, 0.25) is 0 Å². The van der Waals surface area contributed by atoms with Gasteiger partial charge in [-0.1, -0.05) is 72.5 Å². The van der Waals surface area contributed by atoms with Gasteiger partial charge < -0.3 is 9.47 Å². The molecule has 0 aromatic heterocycles. The fraction of sp³-hybridized carbons (Fsp3) is 0.154. The molecule has 3 aromatic rings. The Morgan fingerprint density at radius 2 is 1.76 bits per heavy atom. The second kappa shape index (κ2) is 10.6. The van der Waals surface area contributed by atoms with Crippen LogP contribution >= 0.6 is 24.0 Å². The highest BCUT2D eigenvalue weighted by atomic mass is 32.2. The quantitative estimate of drug-likeness (QED) is 0.299. The molecule has 168 valence electrons. The van der Waals surface area contributed by atoms with Crippen LogP contribution in [0.3, 0.4) is 0 Å². The molecule has 0 aliphatic carbocycles. The zero-order valence-corrected chi connectivity index (χ0v) is 19.6. The molecule has 1 amide bonds. The van der Waals surface area contributed by atoms with Gasteiger partial charge in [-0.3, -0.25) is 9.69 Å². The topological polar surface area (TPSA) is 38.8 Å². The van der Waals surface area contributed by atoms with Gasteiger partial charge in [-0.15, -0.1) is 0 Å². The number of carbonyl (C=O) groups is 1. The van der Waals surface area contributed by atoms with E-state index in [1.54, 1.807) is 30.2 Å². The Bertz CT molecular complexity index is 1180. The molecule has 0 unspecified atom stereocenters. The number of amides is 1. The molecule has 1 saturated heterocycles. The Hall–Kier alpha value is -3.16. The zero-order valence-electron chi connectivity index (χ0n) is 18.0. The molecule has 0 radical (unpaired) electrons. The SMILES string of the molecule is COc1cc(/C=C2\SC(=S)N(CCc3ccccc3)C2=O)ccc1OCc1ccc(F)cc1. The molecule has 7 heteroatoms. The van der Waals surface area contributed by atoms with E-state index in [0.29, 0.717) is 27.3 Å². The highest BCUT2D eigenvalue weighted by molar-refractivity contribution is 8.26. The average Bonchev–Trinajstić information content (AvgIpc) is 3.10. The molecule has 1 aliphatic heterocycles. The summed E-state index contributed by atoms with van der Waals surface area (Å²) >= 11 is 6.75. The first-order valence-electron chi connectivity index (χ1n) is 10.4. The fourth-order valence-corrected chi connectivity index (χ4v) is 4.67. The molecular weight excluding hydrogens is 457 g/mol. The Morgan fingerprint density at radius 1 is 1.00 bits per heavy atom. The molecule has 33 heavy (non-hydrogen) atoms. The summed E-state index contributed by atoms with van der Waals surface area (Å²) < 4.78 is 24.9. The maximum absolute atomic E-state index is 13.1. The van der Waals surface area contributed by atoms with E-state index in [1.807, 2.05) is 48.5 Å². The maximum Gasteiger partial charge on any atom is 0.266 e. The first-order valence-corrected chi connectivity index (χ1v) is 11.6. The lowest BCUT2D eigenvalue weighted by Crippen LogP contribution is -2.30. The van der Waals surface area contributed by atoms with E-state index in [4.69, 9.17) is 21.7 Å². The van der Waals surface area contributed by atoms with Crippen molar-refractivity contribution in [1.82, 2.24) is 4.90 Å². The smallest absolute Gasteiger partial charge is 0.266 e. The van der Waals surface area contributed by atoms with Gasteiger partial charge in [-0.25, -0.2) is 4.39 Å². The Morgan fingerprint density at radius 3 is 2.48 bits per heavy atom. The van der Waals surface area contributed by atoms with Crippen LogP contribution in [0, 0.1) is 5.82 Å². The highest BCUT2D eigenvalue weighted by Crippen LogP contribution is 2.35. The van der Waals surface area contributed by atoms with Gasteiger partial charge in [0.15, 0.2) is 11.5 Å². The fourth-order valence-electron chi connectivity index (χ4n) is 3.36. The minimum Gasteiger partial charge on any atom is -0.493 e. The summed E-state index contributed by atoms with van der Waals surface area (Å²) in [6.07, 6.45) is 2.56. The van der Waals surface area contributed by atoms with E-state index >= 15 is 0 Å². The van der Waals surface area contributed by atoms with E-state index < -0.39 is 0 Å². The second-order valence-electron chi connectivity index (χ2n) is 7.39. The molecule has 0 bridgehead atoms. The van der Waals surface area contributed by atoms with Crippen molar-refractivity contribution in [2.75, 3.05) is 13.7 Å². The van der Waals surface area contributed by atoms with Gasteiger partial charge in [0.05, 0.1) is 12.0 Å². The number of methoxy groups -OCH3 is 1. The average molecular weight is 480 g/mol. The van der Waals surface area contributed by atoms with Crippen molar-refractivity contribution < 1.29 is 18.7 Å². The van der Waals surface area contributed by atoms with Crippen molar-refractivity contribution in [3.8, 4) is 11.5 Å². The van der Waals surface area contributed by atoms with Gasteiger partial charge in [0.25, 0.3) is 5.91 Å².